The number of hydrogen-bond acceptors (Lipinski definition) is 2. The number of hydrogen-bond donors (Lipinski definition) is 0. The zero-order valence-corrected chi connectivity index (χ0v) is 7.13. The Morgan fingerprint density at radius 1 is 1.30 bits per heavy atom. The molecule has 0 spiro atoms. The summed E-state index contributed by atoms with van der Waals surface area (Å²) >= 11 is 0. The number of methoxy groups -OCH3 is 1. The molecule has 0 heterocycles. The summed E-state index contributed by atoms with van der Waals surface area (Å²) < 4.78 is 5.34. The highest BCUT2D eigenvalue weighted by Gasteiger charge is 2.28. The van der Waals surface area contributed by atoms with Crippen LogP contribution in [-0.2, 0) is 4.74 Å². The normalized spacial score (nSPS) is 33.6. The van der Waals surface area contributed by atoms with E-state index in [0.717, 1.165) is 0 Å². The first kappa shape index (κ1) is 8.02. The third kappa shape index (κ3) is 1.50. The van der Waals surface area contributed by atoms with Gasteiger partial charge in [0, 0.05) is 13.2 Å². The number of ether oxygens (including phenoxy) is 1. The van der Waals surface area contributed by atoms with Crippen molar-refractivity contribution in [3.8, 4) is 0 Å². The van der Waals surface area contributed by atoms with Crippen molar-refractivity contribution in [2.75, 3.05) is 21.2 Å². The van der Waals surface area contributed by atoms with Crippen molar-refractivity contribution in [2.45, 2.75) is 31.4 Å². The van der Waals surface area contributed by atoms with Crippen molar-refractivity contribution in [2.24, 2.45) is 0 Å². The minimum absolute atomic E-state index is 0.481. The Morgan fingerprint density at radius 3 is 2.40 bits per heavy atom. The molecule has 1 saturated carbocycles. The summed E-state index contributed by atoms with van der Waals surface area (Å²) in [5, 5.41) is 0. The molecule has 0 bridgehead atoms. The second-order valence-electron chi connectivity index (χ2n) is 3.24. The molecule has 0 aliphatic heterocycles. The van der Waals surface area contributed by atoms with Crippen LogP contribution in [0.4, 0.5) is 0 Å². The van der Waals surface area contributed by atoms with Gasteiger partial charge in [0.15, 0.2) is 0 Å². The van der Waals surface area contributed by atoms with Crippen molar-refractivity contribution >= 4 is 0 Å². The molecular weight excluding hydrogens is 126 g/mol. The summed E-state index contributed by atoms with van der Waals surface area (Å²) in [6, 6.07) is 0.657. The molecule has 2 nitrogen and oxygen atoms in total. The minimum Gasteiger partial charge on any atom is -0.380 e. The van der Waals surface area contributed by atoms with Crippen LogP contribution in [-0.4, -0.2) is 38.3 Å². The zero-order chi connectivity index (χ0) is 7.56. The van der Waals surface area contributed by atoms with Crippen molar-refractivity contribution in [1.82, 2.24) is 4.90 Å². The highest BCUT2D eigenvalue weighted by Crippen LogP contribution is 2.24. The standard InChI is InChI=1S/C8H17NO/c1-9(2)7-5-4-6-8(7)10-3/h7-8H,4-6H2,1-3H3/t7-,8-/m0/s1. The first-order valence-corrected chi connectivity index (χ1v) is 3.95. The van der Waals surface area contributed by atoms with Crippen LogP contribution >= 0.6 is 0 Å². The molecule has 0 aromatic rings. The van der Waals surface area contributed by atoms with Gasteiger partial charge in [0.05, 0.1) is 6.10 Å². The van der Waals surface area contributed by atoms with Gasteiger partial charge in [-0.25, -0.2) is 0 Å². The van der Waals surface area contributed by atoms with Gasteiger partial charge in [-0.05, 0) is 33.4 Å². The van der Waals surface area contributed by atoms with E-state index in [1.807, 2.05) is 7.11 Å². The van der Waals surface area contributed by atoms with Gasteiger partial charge in [0.2, 0.25) is 0 Å². The minimum atomic E-state index is 0.481. The summed E-state index contributed by atoms with van der Waals surface area (Å²) in [4.78, 5) is 2.27. The molecule has 10 heavy (non-hydrogen) atoms. The summed E-state index contributed by atoms with van der Waals surface area (Å²) in [6.07, 6.45) is 4.33. The lowest BCUT2D eigenvalue weighted by atomic mass is 10.2. The molecule has 0 amide bonds. The predicted octanol–water partition coefficient (Wildman–Crippen LogP) is 1.12. The van der Waals surface area contributed by atoms with Crippen molar-refractivity contribution < 1.29 is 4.74 Å². The molecule has 0 unspecified atom stereocenters. The monoisotopic (exact) mass is 143 g/mol. The fourth-order valence-electron chi connectivity index (χ4n) is 1.77. The van der Waals surface area contributed by atoms with Crippen molar-refractivity contribution in [3.05, 3.63) is 0 Å². The molecule has 60 valence electrons. The summed E-state index contributed by atoms with van der Waals surface area (Å²) in [6.45, 7) is 0. The van der Waals surface area contributed by atoms with Crippen molar-refractivity contribution in [1.29, 1.82) is 0 Å². The maximum absolute atomic E-state index is 5.34. The van der Waals surface area contributed by atoms with Crippen LogP contribution in [0, 0.1) is 0 Å². The van der Waals surface area contributed by atoms with Gasteiger partial charge in [-0.15, -0.1) is 0 Å². The molecule has 2 atom stereocenters. The van der Waals surface area contributed by atoms with Crippen molar-refractivity contribution in [3.63, 3.8) is 0 Å². The van der Waals surface area contributed by atoms with Crippen LogP contribution in [0.3, 0.4) is 0 Å². The predicted molar refractivity (Wildman–Crippen MR) is 42.1 cm³/mol. The summed E-state index contributed by atoms with van der Waals surface area (Å²) in [5.41, 5.74) is 0. The summed E-state index contributed by atoms with van der Waals surface area (Å²) in [5.74, 6) is 0. The molecule has 1 rings (SSSR count). The molecule has 1 aliphatic carbocycles. The van der Waals surface area contributed by atoms with Gasteiger partial charge in [-0.3, -0.25) is 0 Å². The van der Waals surface area contributed by atoms with E-state index in [0.29, 0.717) is 12.1 Å². The maximum Gasteiger partial charge on any atom is 0.0726 e. The Balaban J connectivity index is 2.42. The average molecular weight is 143 g/mol. The zero-order valence-electron chi connectivity index (χ0n) is 7.13. The van der Waals surface area contributed by atoms with Gasteiger partial charge < -0.3 is 9.64 Å². The Hall–Kier alpha value is -0.0800. The molecular formula is C8H17NO. The Morgan fingerprint density at radius 2 is 2.00 bits per heavy atom. The second kappa shape index (κ2) is 3.35. The first-order valence-electron chi connectivity index (χ1n) is 3.95. The van der Waals surface area contributed by atoms with Gasteiger partial charge in [0.1, 0.15) is 0 Å². The van der Waals surface area contributed by atoms with E-state index in [4.69, 9.17) is 4.74 Å². The highest BCUT2D eigenvalue weighted by molar-refractivity contribution is 4.83. The van der Waals surface area contributed by atoms with E-state index in [-0.39, 0.29) is 0 Å². The van der Waals surface area contributed by atoms with Crippen LogP contribution in [0.25, 0.3) is 0 Å². The third-order valence-corrected chi connectivity index (χ3v) is 2.38. The van der Waals surface area contributed by atoms with E-state index < -0.39 is 0 Å². The van der Waals surface area contributed by atoms with Crippen LogP contribution in [0.5, 0.6) is 0 Å². The van der Waals surface area contributed by atoms with Crippen LogP contribution in [0.1, 0.15) is 19.3 Å². The SMILES string of the molecule is CO[C@H]1CCC[C@@H]1N(C)C. The largest absolute Gasteiger partial charge is 0.380 e. The van der Waals surface area contributed by atoms with Crippen LogP contribution in [0.2, 0.25) is 0 Å². The number of nitrogens with zero attached hydrogens (tertiary/aromatic N) is 1. The molecule has 0 radical (unpaired) electrons. The van der Waals surface area contributed by atoms with E-state index in [1.165, 1.54) is 19.3 Å². The molecule has 1 fully saturated rings. The van der Waals surface area contributed by atoms with E-state index in [9.17, 15) is 0 Å². The first-order chi connectivity index (χ1) is 4.75. The van der Waals surface area contributed by atoms with Gasteiger partial charge in [0.25, 0.3) is 0 Å². The fourth-order valence-corrected chi connectivity index (χ4v) is 1.77. The summed E-state index contributed by atoms with van der Waals surface area (Å²) in [7, 11) is 6.07. The molecule has 0 aromatic heterocycles. The lowest BCUT2D eigenvalue weighted by molar-refractivity contribution is 0.0520. The number of rotatable bonds is 2. The van der Waals surface area contributed by atoms with Gasteiger partial charge >= 0.3 is 0 Å². The highest BCUT2D eigenvalue weighted by atomic mass is 16.5. The third-order valence-electron chi connectivity index (χ3n) is 2.38. The number of likely N-dealkylation sites (N-methyl/N-ethyl adjacent to an activating group) is 1. The Kier molecular flexibility index (Phi) is 2.69. The average Bonchev–Trinajstić information content (AvgIpc) is 2.33. The van der Waals surface area contributed by atoms with Crippen LogP contribution < -0.4 is 0 Å². The smallest absolute Gasteiger partial charge is 0.0726 e. The topological polar surface area (TPSA) is 12.5 Å². The molecule has 1 aliphatic rings. The fraction of sp³-hybridized carbons (Fsp3) is 1.00. The van der Waals surface area contributed by atoms with Crippen LogP contribution in [0.15, 0.2) is 0 Å². The lowest BCUT2D eigenvalue weighted by Crippen LogP contribution is -2.35. The maximum atomic E-state index is 5.34. The van der Waals surface area contributed by atoms with Gasteiger partial charge in [-0.2, -0.15) is 0 Å². The lowest BCUT2D eigenvalue weighted by Gasteiger charge is -2.24. The second-order valence-corrected chi connectivity index (χ2v) is 3.24. The quantitative estimate of drug-likeness (QED) is 0.574. The Bertz CT molecular complexity index is 103. The molecule has 2 heteroatoms. The van der Waals surface area contributed by atoms with E-state index in [1.54, 1.807) is 0 Å². The Labute approximate surface area is 63.2 Å². The molecule has 0 saturated heterocycles. The molecule has 0 N–H and O–H groups in total. The van der Waals surface area contributed by atoms with E-state index in [2.05, 4.69) is 19.0 Å². The van der Waals surface area contributed by atoms with E-state index >= 15 is 0 Å². The van der Waals surface area contributed by atoms with Gasteiger partial charge in [-0.1, -0.05) is 0 Å². The molecule has 0 aromatic carbocycles.